The molecule has 4 heteroatoms. The molecule has 0 saturated heterocycles. The lowest BCUT2D eigenvalue weighted by molar-refractivity contribution is -0.130. The predicted octanol–water partition coefficient (Wildman–Crippen LogP) is -0.138. The number of rotatable bonds is 5. The zero-order valence-corrected chi connectivity index (χ0v) is 7.91. The Morgan fingerprint density at radius 1 is 1.67 bits per heavy atom. The van der Waals surface area contributed by atoms with E-state index < -0.39 is 6.10 Å². The summed E-state index contributed by atoms with van der Waals surface area (Å²) in [5.74, 6) is -0.0207. The van der Waals surface area contributed by atoms with Gasteiger partial charge in [-0.2, -0.15) is 0 Å². The average molecular weight is 175 g/mol. The summed E-state index contributed by atoms with van der Waals surface area (Å²) < 4.78 is 4.74. The van der Waals surface area contributed by atoms with E-state index in [2.05, 4.69) is 0 Å². The van der Waals surface area contributed by atoms with Crippen LogP contribution in [0.25, 0.3) is 0 Å². The van der Waals surface area contributed by atoms with Crippen molar-refractivity contribution in [2.24, 2.45) is 0 Å². The molecule has 0 saturated carbocycles. The van der Waals surface area contributed by atoms with Crippen molar-refractivity contribution in [3.8, 4) is 0 Å². The molecule has 0 spiro atoms. The fourth-order valence-corrected chi connectivity index (χ4v) is 0.980. The summed E-state index contributed by atoms with van der Waals surface area (Å²) in [6, 6.07) is 0. The van der Waals surface area contributed by atoms with E-state index in [9.17, 15) is 9.90 Å². The first-order valence-electron chi connectivity index (χ1n) is 4.04. The Morgan fingerprint density at radius 3 is 2.58 bits per heavy atom. The van der Waals surface area contributed by atoms with Crippen LogP contribution < -0.4 is 0 Å². The predicted molar refractivity (Wildman–Crippen MR) is 45.8 cm³/mol. The van der Waals surface area contributed by atoms with Crippen LogP contribution in [0, 0.1) is 0 Å². The number of carbonyl (C=O) groups excluding carboxylic acids is 1. The molecule has 0 radical (unpaired) electrons. The molecule has 0 aliphatic heterocycles. The second-order valence-corrected chi connectivity index (χ2v) is 2.67. The minimum absolute atomic E-state index is 0.0207. The number of aliphatic hydroxyl groups excluding tert-OH is 1. The van der Waals surface area contributed by atoms with Crippen molar-refractivity contribution in [2.45, 2.75) is 20.0 Å². The van der Waals surface area contributed by atoms with E-state index >= 15 is 0 Å². The van der Waals surface area contributed by atoms with E-state index in [1.165, 1.54) is 14.0 Å². The molecule has 72 valence electrons. The van der Waals surface area contributed by atoms with Gasteiger partial charge >= 0.3 is 0 Å². The maximum absolute atomic E-state index is 10.9. The lowest BCUT2D eigenvalue weighted by atomic mass is 10.3. The highest BCUT2D eigenvalue weighted by Gasteiger charge is 2.11. The number of carbonyl (C=O) groups is 1. The fourth-order valence-electron chi connectivity index (χ4n) is 0.980. The molecule has 1 amide bonds. The molecule has 0 rings (SSSR count). The van der Waals surface area contributed by atoms with Crippen molar-refractivity contribution < 1.29 is 14.6 Å². The van der Waals surface area contributed by atoms with Crippen LogP contribution in [0.3, 0.4) is 0 Å². The number of likely N-dealkylation sites (N-methyl/N-ethyl adjacent to an activating group) is 1. The molecule has 0 aliphatic rings. The van der Waals surface area contributed by atoms with Gasteiger partial charge in [-0.25, -0.2) is 0 Å². The summed E-state index contributed by atoms with van der Waals surface area (Å²) in [6.07, 6.45) is -0.584. The van der Waals surface area contributed by atoms with Crippen LogP contribution in [0.1, 0.15) is 13.8 Å². The van der Waals surface area contributed by atoms with Gasteiger partial charge in [0, 0.05) is 27.1 Å². The summed E-state index contributed by atoms with van der Waals surface area (Å²) in [6.45, 7) is 4.60. The number of aliphatic hydroxyl groups is 1. The Labute approximate surface area is 73.1 Å². The molecule has 12 heavy (non-hydrogen) atoms. The minimum atomic E-state index is -0.584. The van der Waals surface area contributed by atoms with Crippen molar-refractivity contribution in [2.75, 3.05) is 26.8 Å². The maximum Gasteiger partial charge on any atom is 0.219 e. The van der Waals surface area contributed by atoms with Crippen molar-refractivity contribution >= 4 is 5.91 Å². The van der Waals surface area contributed by atoms with E-state index in [1.807, 2.05) is 6.92 Å². The molecule has 1 atom stereocenters. The molecule has 0 aromatic heterocycles. The van der Waals surface area contributed by atoms with E-state index in [-0.39, 0.29) is 12.5 Å². The Hall–Kier alpha value is -0.610. The van der Waals surface area contributed by atoms with Gasteiger partial charge in [-0.15, -0.1) is 0 Å². The third kappa shape index (κ3) is 4.31. The molecule has 4 nitrogen and oxygen atoms in total. The first-order valence-corrected chi connectivity index (χ1v) is 4.04. The van der Waals surface area contributed by atoms with Crippen molar-refractivity contribution in [1.29, 1.82) is 0 Å². The van der Waals surface area contributed by atoms with Gasteiger partial charge in [0.05, 0.1) is 12.7 Å². The van der Waals surface area contributed by atoms with Gasteiger partial charge in [-0.05, 0) is 6.92 Å². The third-order valence-electron chi connectivity index (χ3n) is 1.62. The zero-order chi connectivity index (χ0) is 9.56. The Bertz CT molecular complexity index is 138. The molecule has 0 fully saturated rings. The molecular formula is C8H17NO3. The van der Waals surface area contributed by atoms with Crippen molar-refractivity contribution in [3.63, 3.8) is 0 Å². The number of methoxy groups -OCH3 is 1. The highest BCUT2D eigenvalue weighted by molar-refractivity contribution is 5.73. The van der Waals surface area contributed by atoms with Gasteiger partial charge in [0.1, 0.15) is 0 Å². The second kappa shape index (κ2) is 5.97. The zero-order valence-electron chi connectivity index (χ0n) is 7.91. The average Bonchev–Trinajstić information content (AvgIpc) is 2.00. The summed E-state index contributed by atoms with van der Waals surface area (Å²) in [4.78, 5) is 12.5. The first kappa shape index (κ1) is 11.4. The summed E-state index contributed by atoms with van der Waals surface area (Å²) in [5, 5.41) is 9.28. The number of hydrogen-bond acceptors (Lipinski definition) is 3. The SMILES string of the molecule is CCN(CC(O)COC)C(C)=O. The van der Waals surface area contributed by atoms with Gasteiger partial charge in [0.2, 0.25) is 5.91 Å². The minimum Gasteiger partial charge on any atom is -0.389 e. The van der Waals surface area contributed by atoms with Crippen LogP contribution >= 0.6 is 0 Å². The van der Waals surface area contributed by atoms with Crippen LogP contribution in [-0.2, 0) is 9.53 Å². The lowest BCUT2D eigenvalue weighted by Crippen LogP contribution is -2.37. The largest absolute Gasteiger partial charge is 0.389 e. The highest BCUT2D eigenvalue weighted by Crippen LogP contribution is 1.93. The molecule has 0 aromatic rings. The van der Waals surface area contributed by atoms with Crippen LogP contribution in [0.2, 0.25) is 0 Å². The number of ether oxygens (including phenoxy) is 1. The highest BCUT2D eigenvalue weighted by atomic mass is 16.5. The van der Waals surface area contributed by atoms with Gasteiger partial charge in [-0.3, -0.25) is 4.79 Å². The molecule has 0 bridgehead atoms. The first-order chi connectivity index (χ1) is 5.61. The van der Waals surface area contributed by atoms with E-state index in [4.69, 9.17) is 4.74 Å². The number of hydrogen-bond donors (Lipinski definition) is 1. The standard InChI is InChI=1S/C8H17NO3/c1-4-9(7(2)10)5-8(11)6-12-3/h8,11H,4-6H2,1-3H3. The monoisotopic (exact) mass is 175 g/mol. The van der Waals surface area contributed by atoms with Crippen molar-refractivity contribution in [3.05, 3.63) is 0 Å². The van der Waals surface area contributed by atoms with Gasteiger partial charge < -0.3 is 14.7 Å². The van der Waals surface area contributed by atoms with Crippen LogP contribution in [0.15, 0.2) is 0 Å². The number of amides is 1. The van der Waals surface area contributed by atoms with E-state index in [0.717, 1.165) is 0 Å². The molecule has 0 aromatic carbocycles. The summed E-state index contributed by atoms with van der Waals surface area (Å²) >= 11 is 0. The van der Waals surface area contributed by atoms with Crippen LogP contribution in [-0.4, -0.2) is 48.8 Å². The Balaban J connectivity index is 3.77. The van der Waals surface area contributed by atoms with Gasteiger partial charge in [-0.1, -0.05) is 0 Å². The molecule has 0 heterocycles. The second-order valence-electron chi connectivity index (χ2n) is 2.67. The van der Waals surface area contributed by atoms with Gasteiger partial charge in [0.25, 0.3) is 0 Å². The van der Waals surface area contributed by atoms with E-state index in [0.29, 0.717) is 13.1 Å². The smallest absolute Gasteiger partial charge is 0.219 e. The van der Waals surface area contributed by atoms with E-state index in [1.54, 1.807) is 4.90 Å². The Morgan fingerprint density at radius 2 is 2.25 bits per heavy atom. The quantitative estimate of drug-likeness (QED) is 0.633. The van der Waals surface area contributed by atoms with Crippen LogP contribution in [0.4, 0.5) is 0 Å². The molecule has 0 aliphatic carbocycles. The fraction of sp³-hybridized carbons (Fsp3) is 0.875. The molecule has 1 N–H and O–H groups in total. The van der Waals surface area contributed by atoms with Crippen molar-refractivity contribution in [1.82, 2.24) is 4.90 Å². The lowest BCUT2D eigenvalue weighted by Gasteiger charge is -2.21. The normalized spacial score (nSPS) is 12.7. The van der Waals surface area contributed by atoms with Gasteiger partial charge in [0.15, 0.2) is 0 Å². The third-order valence-corrected chi connectivity index (χ3v) is 1.62. The summed E-state index contributed by atoms with van der Waals surface area (Å²) in [5.41, 5.74) is 0. The molecule has 1 unspecified atom stereocenters. The number of nitrogens with zero attached hydrogens (tertiary/aromatic N) is 1. The maximum atomic E-state index is 10.9. The Kier molecular flexibility index (Phi) is 5.66. The molecular weight excluding hydrogens is 158 g/mol. The topological polar surface area (TPSA) is 49.8 Å². The summed E-state index contributed by atoms with van der Waals surface area (Å²) in [7, 11) is 1.52. The van der Waals surface area contributed by atoms with Crippen LogP contribution in [0.5, 0.6) is 0 Å².